The molecular weight excluding hydrogens is 262 g/mol. The van der Waals surface area contributed by atoms with Crippen molar-refractivity contribution < 1.29 is 9.90 Å². The zero-order valence-electron chi connectivity index (χ0n) is 12.0. The Balaban J connectivity index is 1.83. The van der Waals surface area contributed by atoms with E-state index in [2.05, 4.69) is 5.32 Å². The lowest BCUT2D eigenvalue weighted by Crippen LogP contribution is -2.26. The van der Waals surface area contributed by atoms with Gasteiger partial charge in [0.25, 0.3) is 0 Å². The van der Waals surface area contributed by atoms with Gasteiger partial charge in [0.05, 0.1) is 6.10 Å². The van der Waals surface area contributed by atoms with Crippen LogP contribution in [0.25, 0.3) is 6.08 Å². The number of aliphatic hydroxyl groups excluding tert-OH is 1. The predicted octanol–water partition coefficient (Wildman–Crippen LogP) is 2.86. The van der Waals surface area contributed by atoms with Crippen molar-refractivity contribution in [2.24, 2.45) is 0 Å². The van der Waals surface area contributed by atoms with Gasteiger partial charge in [-0.3, -0.25) is 4.79 Å². The summed E-state index contributed by atoms with van der Waals surface area (Å²) in [5.74, 6) is -0.218. The highest BCUT2D eigenvalue weighted by molar-refractivity contribution is 5.91. The van der Waals surface area contributed by atoms with Crippen LogP contribution in [0, 0.1) is 6.92 Å². The first-order chi connectivity index (χ1) is 10.1. The molecule has 1 atom stereocenters. The molecule has 2 rings (SSSR count). The van der Waals surface area contributed by atoms with Crippen LogP contribution in [0.5, 0.6) is 0 Å². The number of rotatable bonds is 5. The van der Waals surface area contributed by atoms with Gasteiger partial charge in [-0.15, -0.1) is 0 Å². The summed E-state index contributed by atoms with van der Waals surface area (Å²) in [7, 11) is 0. The second-order valence-corrected chi connectivity index (χ2v) is 4.92. The molecule has 0 saturated heterocycles. The molecular formula is C18H19NO2. The van der Waals surface area contributed by atoms with Crippen LogP contribution in [0.15, 0.2) is 60.7 Å². The van der Waals surface area contributed by atoms with E-state index in [0.717, 1.165) is 16.7 Å². The molecule has 3 nitrogen and oxygen atoms in total. The molecule has 0 aromatic heterocycles. The molecule has 2 aromatic rings. The first-order valence-corrected chi connectivity index (χ1v) is 6.91. The second-order valence-electron chi connectivity index (χ2n) is 4.92. The van der Waals surface area contributed by atoms with E-state index < -0.39 is 6.10 Å². The number of carbonyl (C=O) groups excluding carboxylic acids is 1. The van der Waals surface area contributed by atoms with E-state index in [4.69, 9.17) is 0 Å². The van der Waals surface area contributed by atoms with Crippen molar-refractivity contribution >= 4 is 12.0 Å². The normalized spacial score (nSPS) is 12.3. The van der Waals surface area contributed by atoms with Crippen molar-refractivity contribution in [3.05, 3.63) is 77.4 Å². The molecule has 21 heavy (non-hydrogen) atoms. The average molecular weight is 281 g/mol. The van der Waals surface area contributed by atoms with Gasteiger partial charge in [0.1, 0.15) is 0 Å². The van der Waals surface area contributed by atoms with Gasteiger partial charge in [-0.05, 0) is 24.1 Å². The number of amides is 1. The SMILES string of the molecule is Cc1ccc([C@@H](O)CNC(=O)/C=C/c2ccccc2)cc1. The van der Waals surface area contributed by atoms with Crippen molar-refractivity contribution in [3.63, 3.8) is 0 Å². The minimum absolute atomic E-state index is 0.195. The summed E-state index contributed by atoms with van der Waals surface area (Å²) in [6.07, 6.45) is 2.52. The maximum Gasteiger partial charge on any atom is 0.244 e. The smallest absolute Gasteiger partial charge is 0.244 e. The fraction of sp³-hybridized carbons (Fsp3) is 0.167. The summed E-state index contributed by atoms with van der Waals surface area (Å²) in [6.45, 7) is 2.19. The van der Waals surface area contributed by atoms with E-state index in [-0.39, 0.29) is 12.5 Å². The highest BCUT2D eigenvalue weighted by Gasteiger charge is 2.07. The van der Waals surface area contributed by atoms with Gasteiger partial charge in [0.2, 0.25) is 5.91 Å². The summed E-state index contributed by atoms with van der Waals surface area (Å²) in [4.78, 5) is 11.7. The maximum atomic E-state index is 11.7. The zero-order valence-corrected chi connectivity index (χ0v) is 12.0. The Morgan fingerprint density at radius 2 is 1.81 bits per heavy atom. The summed E-state index contributed by atoms with van der Waals surface area (Å²) < 4.78 is 0. The van der Waals surface area contributed by atoms with Crippen molar-refractivity contribution in [3.8, 4) is 0 Å². The maximum absolute atomic E-state index is 11.7. The molecule has 0 spiro atoms. The molecule has 0 radical (unpaired) electrons. The molecule has 0 heterocycles. The first-order valence-electron chi connectivity index (χ1n) is 6.91. The number of nitrogens with one attached hydrogen (secondary N) is 1. The quantitative estimate of drug-likeness (QED) is 0.828. The van der Waals surface area contributed by atoms with E-state index in [9.17, 15) is 9.90 Å². The standard InChI is InChI=1S/C18H19NO2/c1-14-7-10-16(11-8-14)17(20)13-19-18(21)12-9-15-5-3-2-4-6-15/h2-12,17,20H,13H2,1H3,(H,19,21)/b12-9+/t17-/m0/s1. The largest absolute Gasteiger partial charge is 0.387 e. The summed E-state index contributed by atoms with van der Waals surface area (Å²) >= 11 is 0. The Kier molecular flexibility index (Phi) is 5.29. The minimum Gasteiger partial charge on any atom is -0.387 e. The Hall–Kier alpha value is -2.39. The lowest BCUT2D eigenvalue weighted by Gasteiger charge is -2.11. The fourth-order valence-corrected chi connectivity index (χ4v) is 1.90. The van der Waals surface area contributed by atoms with Crippen molar-refractivity contribution in [1.29, 1.82) is 0 Å². The lowest BCUT2D eigenvalue weighted by molar-refractivity contribution is -0.116. The third-order valence-corrected chi connectivity index (χ3v) is 3.16. The van der Waals surface area contributed by atoms with Crippen LogP contribution in [0.2, 0.25) is 0 Å². The predicted molar refractivity (Wildman–Crippen MR) is 84.6 cm³/mol. The van der Waals surface area contributed by atoms with E-state index in [1.54, 1.807) is 6.08 Å². The molecule has 0 bridgehead atoms. The van der Waals surface area contributed by atoms with Gasteiger partial charge in [0, 0.05) is 12.6 Å². The second kappa shape index (κ2) is 7.41. The highest BCUT2D eigenvalue weighted by Crippen LogP contribution is 2.12. The Labute approximate surface area is 124 Å². The summed E-state index contributed by atoms with van der Waals surface area (Å²) in [6, 6.07) is 17.2. The van der Waals surface area contributed by atoms with Gasteiger partial charge < -0.3 is 10.4 Å². The van der Waals surface area contributed by atoms with Crippen LogP contribution in [0.3, 0.4) is 0 Å². The number of benzene rings is 2. The highest BCUT2D eigenvalue weighted by atomic mass is 16.3. The van der Waals surface area contributed by atoms with E-state index in [0.29, 0.717) is 0 Å². The topological polar surface area (TPSA) is 49.3 Å². The first kappa shape index (κ1) is 15.0. The zero-order chi connectivity index (χ0) is 15.1. The molecule has 0 aliphatic heterocycles. The van der Waals surface area contributed by atoms with E-state index in [1.807, 2.05) is 61.5 Å². The van der Waals surface area contributed by atoms with Gasteiger partial charge in [-0.25, -0.2) is 0 Å². The third-order valence-electron chi connectivity index (χ3n) is 3.16. The van der Waals surface area contributed by atoms with E-state index in [1.165, 1.54) is 6.08 Å². The Morgan fingerprint density at radius 3 is 2.48 bits per heavy atom. The molecule has 0 saturated carbocycles. The molecule has 2 N–H and O–H groups in total. The number of aliphatic hydroxyl groups is 1. The summed E-state index contributed by atoms with van der Waals surface area (Å²) in [5.41, 5.74) is 2.90. The fourth-order valence-electron chi connectivity index (χ4n) is 1.90. The minimum atomic E-state index is -0.695. The number of carbonyl (C=O) groups is 1. The molecule has 2 aromatic carbocycles. The molecule has 0 aliphatic carbocycles. The van der Waals surface area contributed by atoms with Gasteiger partial charge in [-0.1, -0.05) is 60.2 Å². The molecule has 3 heteroatoms. The summed E-state index contributed by atoms with van der Waals surface area (Å²) in [5, 5.41) is 12.7. The Bertz CT molecular complexity index is 603. The number of hydrogen-bond donors (Lipinski definition) is 2. The molecule has 1 amide bonds. The van der Waals surface area contributed by atoms with Gasteiger partial charge in [-0.2, -0.15) is 0 Å². The molecule has 108 valence electrons. The number of hydrogen-bond acceptors (Lipinski definition) is 2. The van der Waals surface area contributed by atoms with Crippen molar-refractivity contribution in [2.75, 3.05) is 6.54 Å². The van der Waals surface area contributed by atoms with Crippen molar-refractivity contribution in [1.82, 2.24) is 5.32 Å². The van der Waals surface area contributed by atoms with Gasteiger partial charge in [0.15, 0.2) is 0 Å². The molecule has 0 fully saturated rings. The van der Waals surface area contributed by atoms with Crippen LogP contribution in [0.4, 0.5) is 0 Å². The lowest BCUT2D eigenvalue weighted by atomic mass is 10.1. The third kappa shape index (κ3) is 4.89. The Morgan fingerprint density at radius 1 is 1.14 bits per heavy atom. The van der Waals surface area contributed by atoms with Crippen LogP contribution < -0.4 is 5.32 Å². The van der Waals surface area contributed by atoms with Crippen molar-refractivity contribution in [2.45, 2.75) is 13.0 Å². The van der Waals surface area contributed by atoms with Crippen LogP contribution in [-0.2, 0) is 4.79 Å². The van der Waals surface area contributed by atoms with Crippen LogP contribution >= 0.6 is 0 Å². The van der Waals surface area contributed by atoms with E-state index >= 15 is 0 Å². The number of aryl methyl sites for hydroxylation is 1. The monoisotopic (exact) mass is 281 g/mol. The molecule has 0 unspecified atom stereocenters. The van der Waals surface area contributed by atoms with Crippen LogP contribution in [0.1, 0.15) is 22.8 Å². The molecule has 0 aliphatic rings. The average Bonchev–Trinajstić information content (AvgIpc) is 2.52. The van der Waals surface area contributed by atoms with Crippen LogP contribution in [-0.4, -0.2) is 17.6 Å². The van der Waals surface area contributed by atoms with Gasteiger partial charge >= 0.3 is 0 Å².